The summed E-state index contributed by atoms with van der Waals surface area (Å²) in [5, 5.41) is 12.9. The van der Waals surface area contributed by atoms with Gasteiger partial charge in [-0.25, -0.2) is 13.1 Å². The Hall–Kier alpha value is -2.90. The molecule has 0 bridgehead atoms. The van der Waals surface area contributed by atoms with Gasteiger partial charge in [-0.3, -0.25) is 0 Å². The zero-order chi connectivity index (χ0) is 20.3. The number of hydrogen-bond donors (Lipinski definition) is 1. The third kappa shape index (κ3) is 4.16. The molecule has 0 aliphatic rings. The molecule has 146 valence electrons. The normalized spacial score (nSPS) is 12.6. The van der Waals surface area contributed by atoms with Crippen LogP contribution in [0.4, 0.5) is 5.69 Å². The third-order valence-corrected chi connectivity index (χ3v) is 6.02. The molecule has 3 aromatic rings. The summed E-state index contributed by atoms with van der Waals surface area (Å²) in [6, 6.07) is 17.8. The van der Waals surface area contributed by atoms with Gasteiger partial charge in [0.2, 0.25) is 10.0 Å². The second kappa shape index (κ2) is 8.00. The summed E-state index contributed by atoms with van der Waals surface area (Å²) in [6.45, 7) is 0. The number of hydrogen-bond acceptors (Lipinski definition) is 5. The second-order valence-corrected chi connectivity index (χ2v) is 8.39. The molecule has 0 aromatic heterocycles. The van der Waals surface area contributed by atoms with Crippen molar-refractivity contribution >= 4 is 32.5 Å². The molecule has 1 atom stereocenters. The molecule has 7 heteroatoms. The van der Waals surface area contributed by atoms with Crippen LogP contribution in [-0.2, 0) is 21.2 Å². The highest BCUT2D eigenvalue weighted by atomic mass is 32.2. The van der Waals surface area contributed by atoms with Crippen molar-refractivity contribution in [3.63, 3.8) is 0 Å². The molecule has 28 heavy (non-hydrogen) atoms. The first kappa shape index (κ1) is 19.9. The van der Waals surface area contributed by atoms with Gasteiger partial charge in [-0.05, 0) is 24.1 Å². The van der Waals surface area contributed by atoms with E-state index in [1.54, 1.807) is 48.5 Å². The lowest BCUT2D eigenvalue weighted by molar-refractivity contribution is -0.307. The van der Waals surface area contributed by atoms with E-state index >= 15 is 0 Å². The van der Waals surface area contributed by atoms with E-state index in [0.717, 1.165) is 11.1 Å². The zero-order valence-electron chi connectivity index (χ0n) is 15.6. The Morgan fingerprint density at radius 3 is 2.25 bits per heavy atom. The highest BCUT2D eigenvalue weighted by Crippen LogP contribution is 2.30. The van der Waals surface area contributed by atoms with Gasteiger partial charge in [0.25, 0.3) is 0 Å². The third-order valence-electron chi connectivity index (χ3n) is 4.49. The first-order chi connectivity index (χ1) is 13.3. The maximum atomic E-state index is 13.0. The summed E-state index contributed by atoms with van der Waals surface area (Å²) in [5.74, 6) is -1.47. The van der Waals surface area contributed by atoms with E-state index in [9.17, 15) is 18.3 Å². The SMILES string of the molecule is CN(C)c1cccc2c(S(=O)(=O)NC(Cc3ccccc3)C(=O)[O-])cccc12. The van der Waals surface area contributed by atoms with E-state index in [-0.39, 0.29) is 11.3 Å². The standard InChI is InChI=1S/C21H22N2O4S/c1-23(2)19-12-6-11-17-16(19)10-7-13-20(17)28(26,27)22-18(21(24)25)14-15-8-4-3-5-9-15/h3-13,18,22H,14H2,1-2H3,(H,24,25)/p-1. The average Bonchev–Trinajstić information content (AvgIpc) is 2.67. The van der Waals surface area contributed by atoms with E-state index < -0.39 is 22.0 Å². The van der Waals surface area contributed by atoms with Crippen molar-refractivity contribution in [2.45, 2.75) is 17.4 Å². The Labute approximate surface area is 164 Å². The fourth-order valence-electron chi connectivity index (χ4n) is 3.16. The number of carboxylic acids is 1. The van der Waals surface area contributed by atoms with E-state index in [2.05, 4.69) is 4.72 Å². The largest absolute Gasteiger partial charge is 0.548 e. The van der Waals surface area contributed by atoms with Crippen LogP contribution in [0.3, 0.4) is 0 Å². The lowest BCUT2D eigenvalue weighted by Gasteiger charge is -2.21. The van der Waals surface area contributed by atoms with Crippen LogP contribution in [0, 0.1) is 0 Å². The number of aliphatic carboxylic acids is 1. The fourth-order valence-corrected chi connectivity index (χ4v) is 4.57. The lowest BCUT2D eigenvalue weighted by atomic mass is 10.1. The molecule has 0 spiro atoms. The monoisotopic (exact) mass is 397 g/mol. The van der Waals surface area contributed by atoms with Crippen molar-refractivity contribution in [2.75, 3.05) is 19.0 Å². The quantitative estimate of drug-likeness (QED) is 0.653. The summed E-state index contributed by atoms with van der Waals surface area (Å²) in [7, 11) is -0.333. The van der Waals surface area contributed by atoms with Crippen LogP contribution in [0.25, 0.3) is 10.8 Å². The maximum absolute atomic E-state index is 13.0. The molecule has 3 aromatic carbocycles. The molecule has 0 radical (unpaired) electrons. The first-order valence-corrected chi connectivity index (χ1v) is 10.2. The van der Waals surface area contributed by atoms with Crippen LogP contribution in [-0.4, -0.2) is 34.5 Å². The predicted molar refractivity (Wildman–Crippen MR) is 108 cm³/mol. The van der Waals surface area contributed by atoms with Crippen LogP contribution in [0.1, 0.15) is 5.56 Å². The van der Waals surface area contributed by atoms with Crippen molar-refractivity contribution in [1.82, 2.24) is 4.72 Å². The van der Waals surface area contributed by atoms with Gasteiger partial charge in [-0.2, -0.15) is 0 Å². The minimum Gasteiger partial charge on any atom is -0.548 e. The Kier molecular flexibility index (Phi) is 5.67. The average molecular weight is 397 g/mol. The molecule has 3 rings (SSSR count). The van der Waals surface area contributed by atoms with Crippen LogP contribution in [0.2, 0.25) is 0 Å². The number of benzene rings is 3. The van der Waals surface area contributed by atoms with Crippen LogP contribution >= 0.6 is 0 Å². The number of nitrogens with zero attached hydrogens (tertiary/aromatic N) is 1. The number of fused-ring (bicyclic) bond motifs is 1. The molecule has 0 fully saturated rings. The molecule has 0 saturated carbocycles. The molecule has 0 aliphatic carbocycles. The minimum absolute atomic E-state index is 0.00385. The van der Waals surface area contributed by atoms with Gasteiger partial charge >= 0.3 is 0 Å². The van der Waals surface area contributed by atoms with Gasteiger partial charge in [0.15, 0.2) is 0 Å². The summed E-state index contributed by atoms with van der Waals surface area (Å²) < 4.78 is 28.3. The molecule has 0 heterocycles. The number of carbonyl (C=O) groups excluding carboxylic acids is 1. The molecular weight excluding hydrogens is 376 g/mol. The van der Waals surface area contributed by atoms with Crippen LogP contribution in [0.5, 0.6) is 0 Å². The summed E-state index contributed by atoms with van der Waals surface area (Å²) >= 11 is 0. The fraction of sp³-hybridized carbons (Fsp3) is 0.190. The van der Waals surface area contributed by atoms with Gasteiger partial charge in [-0.1, -0.05) is 54.6 Å². The van der Waals surface area contributed by atoms with Crippen LogP contribution < -0.4 is 14.7 Å². The number of carboxylic acid groups (broad SMARTS) is 1. The summed E-state index contributed by atoms with van der Waals surface area (Å²) in [6.07, 6.45) is -0.00385. The van der Waals surface area contributed by atoms with Crippen molar-refractivity contribution in [3.8, 4) is 0 Å². The topological polar surface area (TPSA) is 89.5 Å². The van der Waals surface area contributed by atoms with Gasteiger partial charge in [0, 0.05) is 30.6 Å². The minimum atomic E-state index is -4.08. The van der Waals surface area contributed by atoms with Crippen LogP contribution in [0.15, 0.2) is 71.6 Å². The molecule has 1 N–H and O–H groups in total. The highest BCUT2D eigenvalue weighted by Gasteiger charge is 2.23. The molecule has 0 saturated heterocycles. The number of sulfonamides is 1. The Morgan fingerprint density at radius 1 is 0.964 bits per heavy atom. The summed E-state index contributed by atoms with van der Waals surface area (Å²) in [4.78, 5) is 13.5. The van der Waals surface area contributed by atoms with Crippen molar-refractivity contribution in [1.29, 1.82) is 0 Å². The van der Waals surface area contributed by atoms with Crippen molar-refractivity contribution in [2.24, 2.45) is 0 Å². The van der Waals surface area contributed by atoms with E-state index in [0.29, 0.717) is 10.9 Å². The van der Waals surface area contributed by atoms with Crippen molar-refractivity contribution in [3.05, 3.63) is 72.3 Å². The molecule has 1 unspecified atom stereocenters. The Bertz CT molecular complexity index is 1100. The van der Waals surface area contributed by atoms with E-state index in [1.165, 1.54) is 6.07 Å². The molecule has 0 aliphatic heterocycles. The number of carbonyl (C=O) groups is 1. The first-order valence-electron chi connectivity index (χ1n) is 8.76. The van der Waals surface area contributed by atoms with Gasteiger partial charge in [-0.15, -0.1) is 0 Å². The van der Waals surface area contributed by atoms with E-state index in [1.807, 2.05) is 31.1 Å². The van der Waals surface area contributed by atoms with Gasteiger partial charge in [0.05, 0.1) is 16.9 Å². The number of anilines is 1. The smallest absolute Gasteiger partial charge is 0.241 e. The molecular formula is C21H21N2O4S-. The molecule has 6 nitrogen and oxygen atoms in total. The zero-order valence-corrected chi connectivity index (χ0v) is 16.4. The Morgan fingerprint density at radius 2 is 1.61 bits per heavy atom. The van der Waals surface area contributed by atoms with Gasteiger partial charge in [0.1, 0.15) is 0 Å². The summed E-state index contributed by atoms with van der Waals surface area (Å²) in [5.41, 5.74) is 1.57. The van der Waals surface area contributed by atoms with Gasteiger partial charge < -0.3 is 14.8 Å². The maximum Gasteiger partial charge on any atom is 0.241 e. The number of nitrogens with one attached hydrogen (secondary N) is 1. The number of rotatable bonds is 7. The molecule has 0 amide bonds. The second-order valence-electron chi connectivity index (χ2n) is 6.71. The Balaban J connectivity index is 2.00. The highest BCUT2D eigenvalue weighted by molar-refractivity contribution is 7.89. The van der Waals surface area contributed by atoms with Crippen molar-refractivity contribution < 1.29 is 18.3 Å². The van der Waals surface area contributed by atoms with E-state index in [4.69, 9.17) is 0 Å². The predicted octanol–water partition coefficient (Wildman–Crippen LogP) is 1.55. The lowest BCUT2D eigenvalue weighted by Crippen LogP contribution is -2.49.